The fraction of sp³-hybridized carbons (Fsp3) is 0.647. The van der Waals surface area contributed by atoms with Crippen molar-refractivity contribution >= 4 is 5.69 Å². The minimum atomic E-state index is 0.448. The monoisotopic (exact) mass is 276 g/mol. The number of nitrogens with zero attached hydrogens (tertiary/aromatic N) is 1. The van der Waals surface area contributed by atoms with Gasteiger partial charge in [-0.2, -0.15) is 0 Å². The van der Waals surface area contributed by atoms with E-state index < -0.39 is 0 Å². The molecule has 0 amide bonds. The molecule has 1 aliphatic rings. The molecular weight excluding hydrogens is 248 g/mol. The lowest BCUT2D eigenvalue weighted by atomic mass is 10.0. The van der Waals surface area contributed by atoms with Crippen molar-refractivity contribution in [3.05, 3.63) is 29.8 Å². The van der Waals surface area contributed by atoms with Crippen LogP contribution in [0.15, 0.2) is 24.3 Å². The number of anilines is 1. The molecule has 0 radical (unpaired) electrons. The summed E-state index contributed by atoms with van der Waals surface area (Å²) in [5.74, 6) is 0. The smallest absolute Gasteiger partial charge is 0.0605 e. The van der Waals surface area contributed by atoms with Gasteiger partial charge < -0.3 is 15.0 Å². The summed E-state index contributed by atoms with van der Waals surface area (Å²) in [6.45, 7) is 7.61. The molecule has 1 atom stereocenters. The normalized spacial score (nSPS) is 18.2. The lowest BCUT2D eigenvalue weighted by molar-refractivity contribution is 0.0819. The molecule has 3 nitrogen and oxygen atoms in total. The molecular formula is C17H28N2O. The minimum Gasteiger partial charge on any atom is -0.381 e. The third-order valence-electron chi connectivity index (χ3n) is 4.29. The Labute approximate surface area is 123 Å². The molecule has 1 N–H and O–H groups in total. The van der Waals surface area contributed by atoms with Crippen LogP contribution >= 0.6 is 0 Å². The molecule has 1 aliphatic heterocycles. The third kappa shape index (κ3) is 3.74. The second-order valence-electron chi connectivity index (χ2n) is 5.53. The van der Waals surface area contributed by atoms with Crippen molar-refractivity contribution in [1.29, 1.82) is 0 Å². The van der Waals surface area contributed by atoms with E-state index in [0.717, 1.165) is 38.9 Å². The Hall–Kier alpha value is -1.06. The van der Waals surface area contributed by atoms with E-state index in [1.54, 1.807) is 0 Å². The van der Waals surface area contributed by atoms with Crippen LogP contribution in [0.5, 0.6) is 0 Å². The molecule has 0 saturated carbocycles. The predicted molar refractivity (Wildman–Crippen MR) is 85.4 cm³/mol. The molecule has 1 aromatic carbocycles. The fourth-order valence-electron chi connectivity index (χ4n) is 3.01. The van der Waals surface area contributed by atoms with Gasteiger partial charge in [-0.05, 0) is 43.5 Å². The van der Waals surface area contributed by atoms with Gasteiger partial charge in [0.2, 0.25) is 0 Å². The Morgan fingerprint density at radius 3 is 2.35 bits per heavy atom. The van der Waals surface area contributed by atoms with Crippen LogP contribution < -0.4 is 10.2 Å². The maximum atomic E-state index is 5.43. The molecule has 1 saturated heterocycles. The van der Waals surface area contributed by atoms with Gasteiger partial charge in [-0.15, -0.1) is 0 Å². The summed E-state index contributed by atoms with van der Waals surface area (Å²) in [5.41, 5.74) is 2.74. The van der Waals surface area contributed by atoms with Crippen LogP contribution in [-0.4, -0.2) is 32.8 Å². The predicted octanol–water partition coefficient (Wildman–Crippen LogP) is 3.36. The van der Waals surface area contributed by atoms with Crippen LogP contribution in [0.25, 0.3) is 0 Å². The molecule has 0 aromatic heterocycles. The van der Waals surface area contributed by atoms with Crippen LogP contribution in [-0.2, 0) is 4.74 Å². The quantitative estimate of drug-likeness (QED) is 0.862. The van der Waals surface area contributed by atoms with Crippen molar-refractivity contribution in [2.75, 3.05) is 31.6 Å². The molecule has 2 rings (SSSR count). The number of nitrogens with one attached hydrogen (secondary N) is 1. The van der Waals surface area contributed by atoms with Crippen molar-refractivity contribution in [3.63, 3.8) is 0 Å². The fourth-order valence-corrected chi connectivity index (χ4v) is 3.01. The van der Waals surface area contributed by atoms with Crippen molar-refractivity contribution in [2.24, 2.45) is 0 Å². The molecule has 1 aromatic rings. The largest absolute Gasteiger partial charge is 0.381 e. The number of benzene rings is 1. The summed E-state index contributed by atoms with van der Waals surface area (Å²) in [7, 11) is 1.82. The highest BCUT2D eigenvalue weighted by Gasteiger charge is 2.19. The van der Waals surface area contributed by atoms with Crippen LogP contribution in [0.4, 0.5) is 5.69 Å². The Bertz CT molecular complexity index is 382. The van der Waals surface area contributed by atoms with Crippen molar-refractivity contribution in [3.8, 4) is 0 Å². The molecule has 1 heterocycles. The Kier molecular flexibility index (Phi) is 5.86. The van der Waals surface area contributed by atoms with Crippen LogP contribution in [0, 0.1) is 0 Å². The van der Waals surface area contributed by atoms with Crippen LogP contribution in [0.1, 0.15) is 44.7 Å². The van der Waals surface area contributed by atoms with Crippen molar-refractivity contribution in [2.45, 2.75) is 45.3 Å². The summed E-state index contributed by atoms with van der Waals surface area (Å²) in [6, 6.07) is 9.56. The standard InChI is InChI=1S/C17H28N2O/c1-4-17(18-5-2)14-6-8-15(9-7-14)19-12-10-16(20-3)11-13-19/h6-9,16-18H,4-5,10-13H2,1-3H3. The molecule has 0 bridgehead atoms. The van der Waals surface area contributed by atoms with Gasteiger partial charge in [0.25, 0.3) is 0 Å². The summed E-state index contributed by atoms with van der Waals surface area (Å²) >= 11 is 0. The van der Waals surface area contributed by atoms with Gasteiger partial charge in [0.1, 0.15) is 0 Å². The number of ether oxygens (including phenoxy) is 1. The second-order valence-corrected chi connectivity index (χ2v) is 5.53. The molecule has 20 heavy (non-hydrogen) atoms. The average Bonchev–Trinajstić information content (AvgIpc) is 2.53. The first-order valence-corrected chi connectivity index (χ1v) is 7.89. The molecule has 0 aliphatic carbocycles. The highest BCUT2D eigenvalue weighted by Crippen LogP contribution is 2.24. The summed E-state index contributed by atoms with van der Waals surface area (Å²) in [6.07, 6.45) is 3.84. The third-order valence-corrected chi connectivity index (χ3v) is 4.29. The van der Waals surface area contributed by atoms with Crippen molar-refractivity contribution in [1.82, 2.24) is 5.32 Å². The van der Waals surface area contributed by atoms with E-state index in [-0.39, 0.29) is 0 Å². The van der Waals surface area contributed by atoms with E-state index in [9.17, 15) is 0 Å². The van der Waals surface area contributed by atoms with E-state index in [0.29, 0.717) is 12.1 Å². The Balaban J connectivity index is 1.97. The summed E-state index contributed by atoms with van der Waals surface area (Å²) in [4.78, 5) is 2.47. The van der Waals surface area contributed by atoms with E-state index in [4.69, 9.17) is 4.74 Å². The minimum absolute atomic E-state index is 0.448. The highest BCUT2D eigenvalue weighted by molar-refractivity contribution is 5.48. The number of hydrogen-bond donors (Lipinski definition) is 1. The van der Waals surface area contributed by atoms with Crippen molar-refractivity contribution < 1.29 is 4.74 Å². The molecule has 112 valence electrons. The number of piperidine rings is 1. The molecule has 1 fully saturated rings. The Morgan fingerprint density at radius 1 is 1.20 bits per heavy atom. The number of rotatable bonds is 6. The first-order chi connectivity index (χ1) is 9.78. The zero-order valence-corrected chi connectivity index (χ0v) is 13.1. The van der Waals surface area contributed by atoms with Crippen LogP contribution in [0.3, 0.4) is 0 Å². The van der Waals surface area contributed by atoms with Gasteiger partial charge in [0.15, 0.2) is 0 Å². The average molecular weight is 276 g/mol. The molecule has 3 heteroatoms. The van der Waals surface area contributed by atoms with Gasteiger partial charge >= 0.3 is 0 Å². The number of hydrogen-bond acceptors (Lipinski definition) is 3. The maximum Gasteiger partial charge on any atom is 0.0605 e. The molecule has 1 unspecified atom stereocenters. The first-order valence-electron chi connectivity index (χ1n) is 7.89. The highest BCUT2D eigenvalue weighted by atomic mass is 16.5. The lowest BCUT2D eigenvalue weighted by Gasteiger charge is -2.33. The summed E-state index contributed by atoms with van der Waals surface area (Å²) in [5, 5.41) is 3.53. The van der Waals surface area contributed by atoms with Gasteiger partial charge in [-0.3, -0.25) is 0 Å². The number of methoxy groups -OCH3 is 1. The van der Waals surface area contributed by atoms with E-state index in [1.807, 2.05) is 7.11 Å². The van der Waals surface area contributed by atoms with Gasteiger partial charge in [0, 0.05) is 31.9 Å². The van der Waals surface area contributed by atoms with E-state index in [2.05, 4.69) is 48.3 Å². The maximum absolute atomic E-state index is 5.43. The lowest BCUT2D eigenvalue weighted by Crippen LogP contribution is -2.36. The SMILES string of the molecule is CCNC(CC)c1ccc(N2CCC(OC)CC2)cc1. The summed E-state index contributed by atoms with van der Waals surface area (Å²) < 4.78 is 5.43. The zero-order valence-electron chi connectivity index (χ0n) is 13.1. The Morgan fingerprint density at radius 2 is 1.85 bits per heavy atom. The van der Waals surface area contributed by atoms with E-state index >= 15 is 0 Å². The second kappa shape index (κ2) is 7.65. The van der Waals surface area contributed by atoms with Gasteiger partial charge in [-0.25, -0.2) is 0 Å². The topological polar surface area (TPSA) is 24.5 Å². The van der Waals surface area contributed by atoms with E-state index in [1.165, 1.54) is 11.3 Å². The first kappa shape index (κ1) is 15.3. The zero-order chi connectivity index (χ0) is 14.4. The van der Waals surface area contributed by atoms with Crippen LogP contribution in [0.2, 0.25) is 0 Å². The van der Waals surface area contributed by atoms with Gasteiger partial charge in [0.05, 0.1) is 6.10 Å². The molecule has 0 spiro atoms. The van der Waals surface area contributed by atoms with Gasteiger partial charge in [-0.1, -0.05) is 26.0 Å².